The minimum Gasteiger partial charge on any atom is -0.308 e. The Morgan fingerprint density at radius 1 is 0.349 bits per heavy atom. The zero-order valence-electron chi connectivity index (χ0n) is 23.1. The first-order valence-corrected chi connectivity index (χ1v) is 14.5. The Morgan fingerprint density at radius 2 is 0.860 bits per heavy atom. The van der Waals surface area contributed by atoms with Gasteiger partial charge in [-0.25, -0.2) is 15.0 Å². The van der Waals surface area contributed by atoms with Crippen LogP contribution in [-0.4, -0.2) is 19.4 Å². The Kier molecular flexibility index (Phi) is 5.16. The quantitative estimate of drug-likeness (QED) is 0.220. The highest BCUT2D eigenvalue weighted by molar-refractivity contribution is 6.25. The topological polar surface area (TPSA) is 43.1 Å². The average molecular weight is 549 g/mol. The van der Waals surface area contributed by atoms with E-state index in [1.807, 2.05) is 24.3 Å². The predicted octanol–water partition coefficient (Wildman–Crippen LogP) is 9.69. The lowest BCUT2D eigenvalue weighted by Crippen LogP contribution is -2.00. The molecule has 43 heavy (non-hydrogen) atoms. The van der Waals surface area contributed by atoms with Gasteiger partial charge in [-0.15, -0.1) is 0 Å². The second kappa shape index (κ2) is 9.33. The van der Waals surface area contributed by atoms with Crippen LogP contribution < -0.4 is 0 Å². The van der Waals surface area contributed by atoms with Gasteiger partial charge in [-0.3, -0.25) is 0 Å². The van der Waals surface area contributed by atoms with Crippen molar-refractivity contribution in [1.82, 2.24) is 19.4 Å². The van der Waals surface area contributed by atoms with Gasteiger partial charge in [0.25, 0.3) is 0 Å². The van der Waals surface area contributed by atoms with E-state index in [0.717, 1.165) is 33.2 Å². The molecule has 0 saturated carbocycles. The van der Waals surface area contributed by atoms with Crippen LogP contribution in [-0.2, 0) is 0 Å². The molecule has 0 atom stereocenters. The predicted molar refractivity (Wildman–Crippen MR) is 176 cm³/mol. The van der Waals surface area contributed by atoms with Gasteiger partial charge in [0.15, 0.2) is 17.5 Å². The maximum Gasteiger partial charge on any atom is 0.164 e. The maximum absolute atomic E-state index is 5.12. The molecule has 0 fully saturated rings. The molecule has 0 aliphatic rings. The number of hydrogen-bond acceptors (Lipinski definition) is 3. The van der Waals surface area contributed by atoms with Gasteiger partial charge in [0.2, 0.25) is 0 Å². The highest BCUT2D eigenvalue weighted by Crippen LogP contribution is 2.42. The Balaban J connectivity index is 1.29. The first-order chi connectivity index (χ1) is 21.3. The highest BCUT2D eigenvalue weighted by atomic mass is 15.0. The summed E-state index contributed by atoms with van der Waals surface area (Å²) in [5.74, 6) is 1.98. The van der Waals surface area contributed by atoms with Gasteiger partial charge in [0.1, 0.15) is 0 Å². The van der Waals surface area contributed by atoms with E-state index in [1.54, 1.807) is 0 Å². The molecule has 6 aromatic carbocycles. The van der Waals surface area contributed by atoms with E-state index in [-0.39, 0.29) is 0 Å². The maximum atomic E-state index is 5.12. The van der Waals surface area contributed by atoms with Crippen LogP contribution >= 0.6 is 0 Å². The Hall–Kier alpha value is -5.87. The standard InChI is InChI=1S/C39H24N4/c1-3-11-25(12-4-1)26-21-23-28(24-22-26)38-40-37(27-13-5-2-6-14-27)41-39(42-38)32-18-10-20-34-35(32)31-17-9-16-30-29-15-7-8-19-33(29)43(34)36(30)31/h1-24H. The molecule has 0 amide bonds. The smallest absolute Gasteiger partial charge is 0.164 e. The highest BCUT2D eigenvalue weighted by Gasteiger charge is 2.21. The molecule has 0 bridgehead atoms. The lowest BCUT2D eigenvalue weighted by molar-refractivity contribution is 1.08. The second-order valence-electron chi connectivity index (χ2n) is 10.9. The number of nitrogens with zero attached hydrogens (tertiary/aromatic N) is 4. The molecule has 3 heterocycles. The largest absolute Gasteiger partial charge is 0.308 e. The van der Waals surface area contributed by atoms with Crippen LogP contribution in [0.25, 0.3) is 83.4 Å². The van der Waals surface area contributed by atoms with Crippen molar-refractivity contribution in [3.63, 3.8) is 0 Å². The van der Waals surface area contributed by atoms with E-state index in [4.69, 9.17) is 15.0 Å². The van der Waals surface area contributed by atoms with E-state index >= 15 is 0 Å². The van der Waals surface area contributed by atoms with Crippen molar-refractivity contribution >= 4 is 38.1 Å². The van der Waals surface area contributed by atoms with Crippen molar-refractivity contribution in [2.24, 2.45) is 0 Å². The molecular formula is C39H24N4. The average Bonchev–Trinajstić information content (AvgIpc) is 3.62. The molecule has 200 valence electrons. The van der Waals surface area contributed by atoms with Crippen LogP contribution in [0.4, 0.5) is 0 Å². The third kappa shape index (κ3) is 3.67. The fraction of sp³-hybridized carbons (Fsp3) is 0. The van der Waals surface area contributed by atoms with Gasteiger partial charge in [-0.2, -0.15) is 0 Å². The van der Waals surface area contributed by atoms with E-state index in [0.29, 0.717) is 17.5 Å². The first kappa shape index (κ1) is 23.8. The lowest BCUT2D eigenvalue weighted by Gasteiger charge is -2.10. The molecule has 0 N–H and O–H groups in total. The normalized spacial score (nSPS) is 11.7. The number of rotatable bonds is 4. The second-order valence-corrected chi connectivity index (χ2v) is 10.9. The third-order valence-electron chi connectivity index (χ3n) is 8.41. The molecule has 9 rings (SSSR count). The summed E-state index contributed by atoms with van der Waals surface area (Å²) >= 11 is 0. The van der Waals surface area contributed by atoms with Gasteiger partial charge in [-0.05, 0) is 23.3 Å². The number of benzene rings is 6. The van der Waals surface area contributed by atoms with Gasteiger partial charge < -0.3 is 4.40 Å². The molecular weight excluding hydrogens is 524 g/mol. The van der Waals surface area contributed by atoms with Crippen molar-refractivity contribution in [3.05, 3.63) is 146 Å². The Labute approximate surface area is 247 Å². The molecule has 4 heteroatoms. The number of aromatic nitrogens is 4. The van der Waals surface area contributed by atoms with Gasteiger partial charge in [0.05, 0.1) is 16.6 Å². The summed E-state index contributed by atoms with van der Waals surface area (Å²) in [7, 11) is 0. The molecule has 3 aromatic heterocycles. The summed E-state index contributed by atoms with van der Waals surface area (Å²) in [5, 5.41) is 4.89. The molecule has 0 aliphatic carbocycles. The fourth-order valence-corrected chi connectivity index (χ4v) is 6.45. The molecule has 0 unspecified atom stereocenters. The van der Waals surface area contributed by atoms with Crippen molar-refractivity contribution in [2.45, 2.75) is 0 Å². The Bertz CT molecular complexity index is 2430. The van der Waals surface area contributed by atoms with E-state index in [1.165, 1.54) is 32.8 Å². The molecule has 0 aliphatic heterocycles. The molecule has 0 spiro atoms. The molecule has 9 aromatic rings. The third-order valence-corrected chi connectivity index (χ3v) is 8.41. The summed E-state index contributed by atoms with van der Waals surface area (Å²) in [6.07, 6.45) is 0. The number of hydrogen-bond donors (Lipinski definition) is 0. The molecule has 4 nitrogen and oxygen atoms in total. The zero-order chi connectivity index (χ0) is 28.3. The van der Waals surface area contributed by atoms with Crippen molar-refractivity contribution in [1.29, 1.82) is 0 Å². The van der Waals surface area contributed by atoms with Crippen LogP contribution in [0.15, 0.2) is 146 Å². The number of fused-ring (bicyclic) bond motifs is 6. The number of para-hydroxylation sites is 2. The van der Waals surface area contributed by atoms with Gasteiger partial charge in [0, 0.05) is 38.2 Å². The van der Waals surface area contributed by atoms with E-state index < -0.39 is 0 Å². The van der Waals surface area contributed by atoms with E-state index in [9.17, 15) is 0 Å². The summed E-state index contributed by atoms with van der Waals surface area (Å²) in [4.78, 5) is 15.2. The monoisotopic (exact) mass is 548 g/mol. The summed E-state index contributed by atoms with van der Waals surface area (Å²) in [5.41, 5.74) is 8.85. The van der Waals surface area contributed by atoms with Crippen molar-refractivity contribution in [2.75, 3.05) is 0 Å². The summed E-state index contributed by atoms with van der Waals surface area (Å²) in [6.45, 7) is 0. The van der Waals surface area contributed by atoms with Crippen molar-refractivity contribution in [3.8, 4) is 45.3 Å². The minimum atomic E-state index is 0.655. The minimum absolute atomic E-state index is 0.655. The van der Waals surface area contributed by atoms with Crippen molar-refractivity contribution < 1.29 is 0 Å². The molecule has 0 radical (unpaired) electrons. The SMILES string of the molecule is c1ccc(-c2ccc(-c3nc(-c4ccccc4)nc(-c4cccc5c4c4cccc6c7ccccc7n5c64)n3)cc2)cc1. The molecule has 0 saturated heterocycles. The summed E-state index contributed by atoms with van der Waals surface area (Å²) < 4.78 is 2.39. The van der Waals surface area contributed by atoms with Crippen LogP contribution in [0.5, 0.6) is 0 Å². The lowest BCUT2D eigenvalue weighted by atomic mass is 10.0. The van der Waals surface area contributed by atoms with Crippen LogP contribution in [0.3, 0.4) is 0 Å². The Morgan fingerprint density at radius 3 is 1.63 bits per heavy atom. The first-order valence-electron chi connectivity index (χ1n) is 14.5. The van der Waals surface area contributed by atoms with Gasteiger partial charge >= 0.3 is 0 Å². The van der Waals surface area contributed by atoms with Crippen LogP contribution in [0.1, 0.15) is 0 Å². The fourth-order valence-electron chi connectivity index (χ4n) is 6.45. The van der Waals surface area contributed by atoms with Crippen LogP contribution in [0, 0.1) is 0 Å². The summed E-state index contributed by atoms with van der Waals surface area (Å²) in [6, 6.07) is 50.7. The van der Waals surface area contributed by atoms with Gasteiger partial charge in [-0.1, -0.05) is 133 Å². The van der Waals surface area contributed by atoms with E-state index in [2.05, 4.69) is 126 Å². The zero-order valence-corrected chi connectivity index (χ0v) is 23.1. The van der Waals surface area contributed by atoms with Crippen LogP contribution in [0.2, 0.25) is 0 Å².